The molecule has 148 valence electrons. The molecule has 1 rings (SSSR count). The lowest BCUT2D eigenvalue weighted by Gasteiger charge is -2.33. The van der Waals surface area contributed by atoms with Gasteiger partial charge in [0.2, 0.25) is 0 Å². The van der Waals surface area contributed by atoms with E-state index >= 15 is 0 Å². The van der Waals surface area contributed by atoms with Crippen LogP contribution in [0.15, 0.2) is 5.29 Å². The molecule has 0 aromatic heterocycles. The molecule has 0 bridgehead atoms. The summed E-state index contributed by atoms with van der Waals surface area (Å²) in [6.45, 7) is 4.47. The van der Waals surface area contributed by atoms with Crippen LogP contribution in [0, 0.1) is 4.91 Å². The fourth-order valence-corrected chi connectivity index (χ4v) is 2.85. The first-order chi connectivity index (χ1) is 12.5. The molecule has 0 aliphatic carbocycles. The van der Waals surface area contributed by atoms with E-state index in [1.807, 2.05) is 0 Å². The highest BCUT2D eigenvalue weighted by atomic mass is 35.5. The predicted octanol–water partition coefficient (Wildman–Crippen LogP) is 1.56. The average Bonchev–Trinajstić information content (AvgIpc) is 2.64. The van der Waals surface area contributed by atoms with Crippen molar-refractivity contribution in [2.75, 3.05) is 45.1 Å². The van der Waals surface area contributed by atoms with E-state index in [1.54, 1.807) is 4.90 Å². The second-order valence-corrected chi connectivity index (χ2v) is 6.50. The van der Waals surface area contributed by atoms with Crippen molar-refractivity contribution in [3.05, 3.63) is 4.91 Å². The fraction of sp³-hybridized carbons (Fsp3) is 0.812. The summed E-state index contributed by atoms with van der Waals surface area (Å²) in [7, 11) is 0. The molecular formula is C16H28ClN5O4. The van der Waals surface area contributed by atoms with Gasteiger partial charge in [-0.1, -0.05) is 26.2 Å². The molecule has 0 radical (unpaired) electrons. The van der Waals surface area contributed by atoms with Gasteiger partial charge in [-0.05, 0) is 12.8 Å². The van der Waals surface area contributed by atoms with Crippen molar-refractivity contribution in [2.24, 2.45) is 5.29 Å². The standard InChI is InChI=1S/C16H28ClN5O4/c1-2-3-4-5-9-20-12-13-21(15(24)14(20)23)10-6-8-18-16(25)22(19-26)11-7-17/h2-13H2,1H3,(H,18,25). The summed E-state index contributed by atoms with van der Waals surface area (Å²) in [6, 6.07) is -0.625. The number of hydrogen-bond acceptors (Lipinski definition) is 5. The van der Waals surface area contributed by atoms with Gasteiger partial charge in [-0.3, -0.25) is 9.59 Å². The summed E-state index contributed by atoms with van der Waals surface area (Å²) in [5.41, 5.74) is 0. The number of piperazine rings is 1. The predicted molar refractivity (Wildman–Crippen MR) is 98.5 cm³/mol. The first-order valence-electron chi connectivity index (χ1n) is 9.07. The van der Waals surface area contributed by atoms with E-state index in [0.717, 1.165) is 25.7 Å². The number of alkyl halides is 1. The zero-order chi connectivity index (χ0) is 19.4. The number of nitrogens with one attached hydrogen (secondary N) is 1. The monoisotopic (exact) mass is 389 g/mol. The summed E-state index contributed by atoms with van der Waals surface area (Å²) in [5, 5.41) is 5.83. The normalized spacial score (nSPS) is 14.5. The molecule has 0 saturated carbocycles. The summed E-state index contributed by atoms with van der Waals surface area (Å²) >= 11 is 5.47. The summed E-state index contributed by atoms with van der Waals surface area (Å²) in [4.78, 5) is 49.6. The van der Waals surface area contributed by atoms with Crippen molar-refractivity contribution in [1.82, 2.24) is 20.1 Å². The molecule has 1 fully saturated rings. The number of nitrogens with zero attached hydrogens (tertiary/aromatic N) is 4. The minimum Gasteiger partial charge on any atom is -0.336 e. The van der Waals surface area contributed by atoms with Crippen LogP contribution in [0.25, 0.3) is 0 Å². The lowest BCUT2D eigenvalue weighted by molar-refractivity contribution is -0.156. The number of urea groups is 1. The van der Waals surface area contributed by atoms with Gasteiger partial charge >= 0.3 is 17.8 Å². The SMILES string of the molecule is CCCCCCN1CCN(CCCNC(=O)N(CCCl)N=O)C(=O)C1=O. The van der Waals surface area contributed by atoms with Crippen LogP contribution in [0.5, 0.6) is 0 Å². The second-order valence-electron chi connectivity index (χ2n) is 6.12. The number of carbonyl (C=O) groups excluding carboxylic acids is 3. The Balaban J connectivity index is 2.28. The zero-order valence-corrected chi connectivity index (χ0v) is 16.0. The van der Waals surface area contributed by atoms with Gasteiger partial charge in [0.05, 0.1) is 11.8 Å². The number of nitroso groups, excluding NO2 is 1. The van der Waals surface area contributed by atoms with E-state index in [-0.39, 0.29) is 19.0 Å². The van der Waals surface area contributed by atoms with Gasteiger partial charge in [-0.2, -0.15) is 5.01 Å². The van der Waals surface area contributed by atoms with E-state index in [2.05, 4.69) is 17.5 Å². The molecule has 1 aliphatic heterocycles. The van der Waals surface area contributed by atoms with Crippen LogP contribution >= 0.6 is 11.6 Å². The van der Waals surface area contributed by atoms with Crippen LogP contribution in [0.2, 0.25) is 0 Å². The maximum absolute atomic E-state index is 12.2. The number of amides is 4. The van der Waals surface area contributed by atoms with Crippen LogP contribution in [0.3, 0.4) is 0 Å². The van der Waals surface area contributed by atoms with Gasteiger partial charge in [0, 0.05) is 38.6 Å². The topological polar surface area (TPSA) is 102 Å². The van der Waals surface area contributed by atoms with Crippen LogP contribution in [0.1, 0.15) is 39.0 Å². The van der Waals surface area contributed by atoms with E-state index in [9.17, 15) is 19.3 Å². The Morgan fingerprint density at radius 3 is 2.27 bits per heavy atom. The molecule has 1 aliphatic rings. The number of halogens is 1. The van der Waals surface area contributed by atoms with Gasteiger partial charge in [-0.15, -0.1) is 16.5 Å². The lowest BCUT2D eigenvalue weighted by atomic mass is 10.2. The zero-order valence-electron chi connectivity index (χ0n) is 15.3. The third kappa shape index (κ3) is 7.15. The fourth-order valence-electron chi connectivity index (χ4n) is 2.69. The molecule has 0 unspecified atom stereocenters. The highest BCUT2D eigenvalue weighted by Crippen LogP contribution is 2.08. The van der Waals surface area contributed by atoms with E-state index in [4.69, 9.17) is 11.6 Å². The smallest absolute Gasteiger partial charge is 0.336 e. The van der Waals surface area contributed by atoms with Gasteiger partial charge in [0.15, 0.2) is 0 Å². The van der Waals surface area contributed by atoms with Crippen LogP contribution in [0.4, 0.5) is 4.79 Å². The third-order valence-electron chi connectivity index (χ3n) is 4.19. The molecule has 4 amide bonds. The molecule has 1 saturated heterocycles. The first kappa shape index (κ1) is 22.1. The third-order valence-corrected chi connectivity index (χ3v) is 4.36. The molecule has 1 N–H and O–H groups in total. The van der Waals surface area contributed by atoms with Crippen molar-refractivity contribution in [2.45, 2.75) is 39.0 Å². The Labute approximate surface area is 158 Å². The number of unbranched alkanes of at least 4 members (excludes halogenated alkanes) is 3. The Hall–Kier alpha value is -1.90. The molecule has 0 aromatic rings. The van der Waals surface area contributed by atoms with Gasteiger partial charge in [-0.25, -0.2) is 4.79 Å². The Morgan fingerprint density at radius 2 is 1.73 bits per heavy atom. The maximum atomic E-state index is 12.2. The molecule has 0 spiro atoms. The average molecular weight is 390 g/mol. The van der Waals surface area contributed by atoms with Gasteiger partial charge in [0.1, 0.15) is 0 Å². The van der Waals surface area contributed by atoms with E-state index < -0.39 is 17.8 Å². The number of carbonyl (C=O) groups is 3. The molecule has 26 heavy (non-hydrogen) atoms. The number of hydrogen-bond donors (Lipinski definition) is 1. The van der Waals surface area contributed by atoms with E-state index in [0.29, 0.717) is 37.6 Å². The minimum atomic E-state index is -0.625. The van der Waals surface area contributed by atoms with Crippen molar-refractivity contribution in [1.29, 1.82) is 0 Å². The van der Waals surface area contributed by atoms with Crippen LogP contribution < -0.4 is 5.32 Å². The number of rotatable bonds is 12. The Bertz CT molecular complexity index is 491. The molecule has 9 nitrogen and oxygen atoms in total. The second kappa shape index (κ2) is 12.5. The largest absolute Gasteiger partial charge is 0.340 e. The molecule has 10 heteroatoms. The van der Waals surface area contributed by atoms with Crippen molar-refractivity contribution in [3.8, 4) is 0 Å². The quantitative estimate of drug-likeness (QED) is 0.180. The van der Waals surface area contributed by atoms with Crippen molar-refractivity contribution in [3.63, 3.8) is 0 Å². The highest BCUT2D eigenvalue weighted by molar-refractivity contribution is 6.35. The molecule has 0 atom stereocenters. The summed E-state index contributed by atoms with van der Waals surface area (Å²) in [6.07, 6.45) is 4.73. The summed E-state index contributed by atoms with van der Waals surface area (Å²) in [5.74, 6) is -0.829. The van der Waals surface area contributed by atoms with Crippen LogP contribution in [-0.2, 0) is 9.59 Å². The van der Waals surface area contributed by atoms with Crippen LogP contribution in [-0.4, -0.2) is 77.8 Å². The lowest BCUT2D eigenvalue weighted by Crippen LogP contribution is -2.54. The highest BCUT2D eigenvalue weighted by Gasteiger charge is 2.31. The maximum Gasteiger partial charge on any atom is 0.340 e. The van der Waals surface area contributed by atoms with E-state index in [1.165, 1.54) is 4.90 Å². The Morgan fingerprint density at radius 1 is 1.12 bits per heavy atom. The summed E-state index contributed by atoms with van der Waals surface area (Å²) < 4.78 is 0. The minimum absolute atomic E-state index is 0.0318. The van der Waals surface area contributed by atoms with Gasteiger partial charge < -0.3 is 15.1 Å². The molecule has 1 heterocycles. The molecule has 0 aromatic carbocycles. The van der Waals surface area contributed by atoms with Gasteiger partial charge in [0.25, 0.3) is 0 Å². The Kier molecular flexibility index (Phi) is 10.6. The first-order valence-corrected chi connectivity index (χ1v) is 9.61. The van der Waals surface area contributed by atoms with Crippen molar-refractivity contribution < 1.29 is 14.4 Å². The van der Waals surface area contributed by atoms with Crippen molar-refractivity contribution >= 4 is 29.4 Å². The molecular weight excluding hydrogens is 362 g/mol.